The van der Waals surface area contributed by atoms with Crippen LogP contribution in [0.3, 0.4) is 0 Å². The van der Waals surface area contributed by atoms with E-state index < -0.39 is 29.1 Å². The highest BCUT2D eigenvalue weighted by molar-refractivity contribution is 6.05. The van der Waals surface area contributed by atoms with E-state index in [0.29, 0.717) is 0 Å². The molecule has 100 valence electrons. The fourth-order valence-electron chi connectivity index (χ4n) is 1.23. The van der Waals surface area contributed by atoms with Crippen molar-refractivity contribution >= 4 is 11.6 Å². The molecule has 0 radical (unpaired) electrons. The molecule has 0 fully saturated rings. The number of aliphatic hydroxyl groups excluding tert-OH is 1. The number of halogens is 3. The third kappa shape index (κ3) is 3.74. The lowest BCUT2D eigenvalue weighted by Gasteiger charge is -2.08. The summed E-state index contributed by atoms with van der Waals surface area (Å²) in [5.41, 5.74) is -1.26. The van der Waals surface area contributed by atoms with Crippen LogP contribution in [-0.4, -0.2) is 11.0 Å². The number of alkyl halides is 3. The number of benzene rings is 1. The fourth-order valence-corrected chi connectivity index (χ4v) is 1.23. The number of hydrogen-bond acceptors (Lipinski definition) is 2. The second kappa shape index (κ2) is 5.44. The SMILES string of the molecule is [C-]#[N+]/C(C(=O)Nc1ccc(C(F)(F)F)cc1)=C(/C)O. The molecule has 2 N–H and O–H groups in total. The van der Waals surface area contributed by atoms with Crippen molar-refractivity contribution in [2.24, 2.45) is 0 Å². The Labute approximate surface area is 107 Å². The number of carbonyl (C=O) groups excluding carboxylic acids is 1. The van der Waals surface area contributed by atoms with Crippen molar-refractivity contribution in [3.8, 4) is 0 Å². The van der Waals surface area contributed by atoms with Gasteiger partial charge in [-0.3, -0.25) is 4.79 Å². The summed E-state index contributed by atoms with van der Waals surface area (Å²) >= 11 is 0. The second-order valence-corrected chi connectivity index (χ2v) is 3.58. The maximum absolute atomic E-state index is 12.3. The first kappa shape index (κ1) is 14.6. The van der Waals surface area contributed by atoms with E-state index in [9.17, 15) is 18.0 Å². The molecular weight excluding hydrogens is 261 g/mol. The van der Waals surface area contributed by atoms with Crippen LogP contribution in [0.4, 0.5) is 18.9 Å². The smallest absolute Gasteiger partial charge is 0.416 e. The van der Waals surface area contributed by atoms with Gasteiger partial charge in [-0.1, -0.05) is 0 Å². The minimum atomic E-state index is -4.45. The van der Waals surface area contributed by atoms with Crippen LogP contribution >= 0.6 is 0 Å². The summed E-state index contributed by atoms with van der Waals surface area (Å²) in [6.07, 6.45) is -4.45. The van der Waals surface area contributed by atoms with Crippen molar-refractivity contribution < 1.29 is 23.1 Å². The summed E-state index contributed by atoms with van der Waals surface area (Å²) in [4.78, 5) is 14.3. The van der Waals surface area contributed by atoms with Crippen LogP contribution in [0.15, 0.2) is 35.7 Å². The second-order valence-electron chi connectivity index (χ2n) is 3.58. The van der Waals surface area contributed by atoms with Gasteiger partial charge in [0.05, 0.1) is 12.1 Å². The van der Waals surface area contributed by atoms with E-state index in [1.54, 1.807) is 0 Å². The number of carbonyl (C=O) groups is 1. The van der Waals surface area contributed by atoms with E-state index in [0.717, 1.165) is 24.3 Å². The van der Waals surface area contributed by atoms with Crippen molar-refractivity contribution in [2.45, 2.75) is 13.1 Å². The number of hydrogen-bond donors (Lipinski definition) is 2. The van der Waals surface area contributed by atoms with Crippen molar-refractivity contribution in [1.29, 1.82) is 0 Å². The molecule has 0 aromatic heterocycles. The Morgan fingerprint density at radius 1 is 1.32 bits per heavy atom. The molecule has 0 saturated heterocycles. The van der Waals surface area contributed by atoms with Gasteiger partial charge in [-0.2, -0.15) is 13.2 Å². The molecule has 0 aliphatic heterocycles. The number of allylic oxidation sites excluding steroid dienone is 1. The van der Waals surface area contributed by atoms with Crippen molar-refractivity contribution in [3.63, 3.8) is 0 Å². The molecule has 0 spiro atoms. The van der Waals surface area contributed by atoms with Gasteiger partial charge >= 0.3 is 6.18 Å². The number of aliphatic hydroxyl groups is 1. The fraction of sp³-hybridized carbons (Fsp3) is 0.167. The van der Waals surface area contributed by atoms with Crippen molar-refractivity contribution in [2.75, 3.05) is 5.32 Å². The first-order valence-corrected chi connectivity index (χ1v) is 5.01. The zero-order chi connectivity index (χ0) is 14.6. The van der Waals surface area contributed by atoms with Crippen LogP contribution in [0.1, 0.15) is 12.5 Å². The molecule has 1 amide bonds. The van der Waals surface area contributed by atoms with Gasteiger partial charge in [0.1, 0.15) is 5.76 Å². The lowest BCUT2D eigenvalue weighted by molar-refractivity contribution is -0.137. The highest BCUT2D eigenvalue weighted by atomic mass is 19.4. The Balaban J connectivity index is 2.89. The number of rotatable bonds is 2. The molecule has 1 aromatic carbocycles. The molecule has 0 unspecified atom stereocenters. The van der Waals surface area contributed by atoms with E-state index in [4.69, 9.17) is 11.7 Å². The van der Waals surface area contributed by atoms with Crippen LogP contribution in [0.25, 0.3) is 4.85 Å². The van der Waals surface area contributed by atoms with Crippen LogP contribution in [0.2, 0.25) is 0 Å². The Morgan fingerprint density at radius 2 is 1.84 bits per heavy atom. The quantitative estimate of drug-likeness (QED) is 0.492. The zero-order valence-electron chi connectivity index (χ0n) is 9.75. The van der Waals surface area contributed by atoms with E-state index >= 15 is 0 Å². The predicted octanol–water partition coefficient (Wildman–Crippen LogP) is 3.35. The third-order valence-electron chi connectivity index (χ3n) is 2.14. The lowest BCUT2D eigenvalue weighted by Crippen LogP contribution is -2.14. The first-order valence-electron chi connectivity index (χ1n) is 5.01. The molecule has 0 aliphatic carbocycles. The van der Waals surface area contributed by atoms with E-state index in [2.05, 4.69) is 10.2 Å². The van der Waals surface area contributed by atoms with Gasteiger partial charge < -0.3 is 10.4 Å². The molecule has 0 bridgehead atoms. The predicted molar refractivity (Wildman–Crippen MR) is 62.0 cm³/mol. The first-order chi connectivity index (χ1) is 8.75. The van der Waals surface area contributed by atoms with Gasteiger partial charge in [-0.15, -0.1) is 0 Å². The van der Waals surface area contributed by atoms with Crippen LogP contribution < -0.4 is 5.32 Å². The maximum atomic E-state index is 12.3. The van der Waals surface area contributed by atoms with Crippen LogP contribution in [-0.2, 0) is 11.0 Å². The summed E-state index contributed by atoms with van der Waals surface area (Å²) < 4.78 is 36.9. The molecule has 19 heavy (non-hydrogen) atoms. The largest absolute Gasteiger partial charge is 0.523 e. The zero-order valence-corrected chi connectivity index (χ0v) is 9.75. The average Bonchev–Trinajstić information content (AvgIpc) is 2.28. The van der Waals surface area contributed by atoms with Gasteiger partial charge in [-0.25, -0.2) is 4.85 Å². The summed E-state index contributed by atoms with van der Waals surface area (Å²) in [7, 11) is 0. The minimum Gasteiger partial charge on any atom is -0.523 e. The maximum Gasteiger partial charge on any atom is 0.416 e. The summed E-state index contributed by atoms with van der Waals surface area (Å²) in [5.74, 6) is -1.34. The van der Waals surface area contributed by atoms with Gasteiger partial charge in [0.25, 0.3) is 11.6 Å². The topological polar surface area (TPSA) is 53.7 Å². The lowest BCUT2D eigenvalue weighted by atomic mass is 10.2. The minimum absolute atomic E-state index is 0.0976. The standard InChI is InChI=1S/C12H9F3N2O2/c1-7(18)10(16-2)11(19)17-9-5-3-8(4-6-9)12(13,14)15/h3-6,18H,1H3,(H,17,19)/b10-7-. The molecule has 0 atom stereocenters. The van der Waals surface area contributed by atoms with Gasteiger partial charge in [0.15, 0.2) is 0 Å². The normalized spacial score (nSPS) is 12.4. The summed E-state index contributed by atoms with van der Waals surface area (Å²) in [6, 6.07) is 3.75. The average molecular weight is 270 g/mol. The molecule has 0 saturated carbocycles. The summed E-state index contributed by atoms with van der Waals surface area (Å²) in [5, 5.41) is 11.3. The number of nitrogens with zero attached hydrogens (tertiary/aromatic N) is 1. The van der Waals surface area contributed by atoms with Gasteiger partial charge in [0, 0.05) is 5.69 Å². The molecule has 7 heteroatoms. The number of anilines is 1. The highest BCUT2D eigenvalue weighted by Crippen LogP contribution is 2.29. The van der Waals surface area contributed by atoms with E-state index in [1.807, 2.05) is 0 Å². The Kier molecular flexibility index (Phi) is 4.17. The Morgan fingerprint density at radius 3 is 2.21 bits per heavy atom. The molecule has 0 heterocycles. The molecule has 1 aromatic rings. The Bertz CT molecular complexity index is 550. The molecule has 1 rings (SSSR count). The van der Waals surface area contributed by atoms with Crippen molar-refractivity contribution in [1.82, 2.24) is 0 Å². The number of nitrogens with one attached hydrogen (secondary N) is 1. The third-order valence-corrected chi connectivity index (χ3v) is 2.14. The highest BCUT2D eigenvalue weighted by Gasteiger charge is 2.30. The molecule has 0 aliphatic rings. The summed E-state index contributed by atoms with van der Waals surface area (Å²) in [6.45, 7) is 7.87. The van der Waals surface area contributed by atoms with Crippen molar-refractivity contribution in [3.05, 3.63) is 52.7 Å². The van der Waals surface area contributed by atoms with E-state index in [1.165, 1.54) is 6.92 Å². The van der Waals surface area contributed by atoms with Gasteiger partial charge in [0.2, 0.25) is 0 Å². The molecule has 4 nitrogen and oxygen atoms in total. The number of amides is 1. The monoisotopic (exact) mass is 270 g/mol. The van der Waals surface area contributed by atoms with Crippen LogP contribution in [0.5, 0.6) is 0 Å². The van der Waals surface area contributed by atoms with Gasteiger partial charge in [-0.05, 0) is 31.2 Å². The van der Waals surface area contributed by atoms with E-state index in [-0.39, 0.29) is 5.69 Å². The Hall–Kier alpha value is -2.49. The van der Waals surface area contributed by atoms with Crippen LogP contribution in [0, 0.1) is 6.57 Å². The molecular formula is C12H9F3N2O2.